The topological polar surface area (TPSA) is 123 Å². The lowest BCUT2D eigenvalue weighted by Crippen LogP contribution is -2.52. The van der Waals surface area contributed by atoms with Gasteiger partial charge in [0, 0.05) is 29.7 Å². The maximum absolute atomic E-state index is 11.2. The van der Waals surface area contributed by atoms with Crippen LogP contribution < -0.4 is 5.73 Å². The van der Waals surface area contributed by atoms with Gasteiger partial charge in [0.1, 0.15) is 19.0 Å². The highest BCUT2D eigenvalue weighted by molar-refractivity contribution is 5.81. The number of rotatable bonds is 5. The Morgan fingerprint density at radius 3 is 2.60 bits per heavy atom. The van der Waals surface area contributed by atoms with Gasteiger partial charge in [-0.15, -0.1) is 5.10 Å². The Bertz CT molecular complexity index is 1300. The molecular formula is C34H46N4O4. The fraction of sp³-hybridized carbons (Fsp3) is 0.676. The molecule has 8 nitrogen and oxygen atoms in total. The summed E-state index contributed by atoms with van der Waals surface area (Å²) in [6.07, 6.45) is 8.18. The van der Waals surface area contributed by atoms with E-state index < -0.39 is 5.79 Å². The molecule has 6 unspecified atom stereocenters. The molecule has 226 valence electrons. The molecular weight excluding hydrogens is 528 g/mol. The van der Waals surface area contributed by atoms with Crippen LogP contribution in [0.5, 0.6) is 0 Å². The lowest BCUT2D eigenvalue weighted by Gasteiger charge is -2.55. The molecule has 6 atom stereocenters. The fourth-order valence-electron chi connectivity index (χ4n) is 8.74. The molecule has 42 heavy (non-hydrogen) atoms. The Morgan fingerprint density at radius 1 is 1.10 bits per heavy atom. The van der Waals surface area contributed by atoms with E-state index in [0.717, 1.165) is 57.3 Å². The van der Waals surface area contributed by atoms with Crippen molar-refractivity contribution in [2.24, 2.45) is 44.6 Å². The van der Waals surface area contributed by atoms with Crippen LogP contribution in [0.1, 0.15) is 89.2 Å². The molecule has 1 spiro atoms. The second kappa shape index (κ2) is 11.5. The second-order valence-corrected chi connectivity index (χ2v) is 14.3. The zero-order valence-electron chi connectivity index (χ0n) is 25.3. The van der Waals surface area contributed by atoms with Gasteiger partial charge in [-0.1, -0.05) is 61.1 Å². The maximum Gasteiger partial charge on any atom is 0.169 e. The zero-order chi connectivity index (χ0) is 29.5. The summed E-state index contributed by atoms with van der Waals surface area (Å²) >= 11 is 0. The minimum atomic E-state index is -0.418. The van der Waals surface area contributed by atoms with E-state index in [1.807, 2.05) is 0 Å². The molecule has 4 aliphatic carbocycles. The van der Waals surface area contributed by atoms with E-state index in [9.17, 15) is 5.11 Å². The Labute approximate surface area is 250 Å². The van der Waals surface area contributed by atoms with Gasteiger partial charge >= 0.3 is 0 Å². The van der Waals surface area contributed by atoms with Crippen LogP contribution in [0.4, 0.5) is 0 Å². The summed E-state index contributed by atoms with van der Waals surface area (Å²) in [5, 5.41) is 17.5. The van der Waals surface area contributed by atoms with Crippen LogP contribution in [0.3, 0.4) is 0 Å². The number of amidine groups is 1. The number of allylic oxidation sites excluding steroid dienone is 2. The summed E-state index contributed by atoms with van der Waals surface area (Å²) in [6, 6.07) is 8.71. The summed E-state index contributed by atoms with van der Waals surface area (Å²) in [7, 11) is 0. The van der Waals surface area contributed by atoms with E-state index >= 15 is 0 Å². The van der Waals surface area contributed by atoms with Crippen molar-refractivity contribution in [1.82, 2.24) is 0 Å². The van der Waals surface area contributed by atoms with E-state index in [0.29, 0.717) is 23.7 Å². The highest BCUT2D eigenvalue weighted by Crippen LogP contribution is 2.65. The van der Waals surface area contributed by atoms with Crippen molar-refractivity contribution in [3.63, 3.8) is 0 Å². The van der Waals surface area contributed by atoms with Crippen LogP contribution >= 0.6 is 0 Å². The van der Waals surface area contributed by atoms with Gasteiger partial charge in [-0.05, 0) is 79.4 Å². The Morgan fingerprint density at radius 2 is 1.86 bits per heavy atom. The number of hydrogen-bond donors (Lipinski definition) is 3. The Hall–Kier alpha value is -2.57. The van der Waals surface area contributed by atoms with Gasteiger partial charge < -0.3 is 25.1 Å². The highest BCUT2D eigenvalue weighted by Gasteiger charge is 2.57. The third kappa shape index (κ3) is 5.57. The molecule has 0 radical (unpaired) electrons. The number of ether oxygens (including phenoxy) is 3. The van der Waals surface area contributed by atoms with Gasteiger partial charge in [0.25, 0.3) is 0 Å². The van der Waals surface area contributed by atoms with Gasteiger partial charge in [0.05, 0.1) is 19.3 Å². The number of aliphatic hydroxyl groups excluding tert-OH is 1. The van der Waals surface area contributed by atoms with E-state index in [4.69, 9.17) is 25.5 Å². The highest BCUT2D eigenvalue weighted by atomic mass is 16.7. The van der Waals surface area contributed by atoms with E-state index in [1.54, 1.807) is 11.1 Å². The van der Waals surface area contributed by atoms with Gasteiger partial charge in [-0.2, -0.15) is 5.53 Å². The van der Waals surface area contributed by atoms with Gasteiger partial charge in [0.2, 0.25) is 0 Å². The first kappa shape index (κ1) is 29.5. The van der Waals surface area contributed by atoms with Crippen molar-refractivity contribution in [2.45, 2.75) is 89.9 Å². The van der Waals surface area contributed by atoms with Crippen LogP contribution in [0.15, 0.2) is 45.7 Å². The van der Waals surface area contributed by atoms with Crippen molar-refractivity contribution >= 4 is 5.84 Å². The van der Waals surface area contributed by atoms with Crippen molar-refractivity contribution in [3.8, 4) is 11.8 Å². The van der Waals surface area contributed by atoms with Crippen LogP contribution in [-0.4, -0.2) is 49.3 Å². The van der Waals surface area contributed by atoms with Crippen LogP contribution in [-0.2, 0) is 14.2 Å². The van der Waals surface area contributed by atoms with Crippen molar-refractivity contribution < 1.29 is 19.3 Å². The standard InChI is InChI=1S/C34H46N4O4/c1-32(2)20-41-34(42-21-32)15-14-25-24(17-34)10-11-26-28-12-13-29(39)33(28,3)18-27(31(25)26)23-8-6-22(7-9-23)5-4-16-40-19-30(35)37-38-36/h6-9,24,26-29,39H,10-21H2,1-3H3,(H3,35,36,37). The predicted molar refractivity (Wildman–Crippen MR) is 161 cm³/mol. The summed E-state index contributed by atoms with van der Waals surface area (Å²) in [4.78, 5) is 0. The number of nitrogens with zero attached hydrogens (tertiary/aromatic N) is 2. The number of fused-ring (bicyclic) bond motifs is 4. The minimum Gasteiger partial charge on any atom is -0.393 e. The summed E-state index contributed by atoms with van der Waals surface area (Å²) in [6.45, 7) is 8.64. The third-order valence-corrected chi connectivity index (χ3v) is 10.9. The smallest absolute Gasteiger partial charge is 0.169 e. The molecule has 1 aromatic carbocycles. The Kier molecular flexibility index (Phi) is 8.08. The molecule has 4 fully saturated rings. The number of benzene rings is 1. The Balaban J connectivity index is 1.25. The largest absolute Gasteiger partial charge is 0.393 e. The first-order valence-corrected chi connectivity index (χ1v) is 15.7. The van der Waals surface area contributed by atoms with Gasteiger partial charge in [-0.25, -0.2) is 0 Å². The maximum atomic E-state index is 11.2. The molecule has 3 saturated carbocycles. The first-order valence-electron chi connectivity index (χ1n) is 15.7. The fourth-order valence-corrected chi connectivity index (χ4v) is 8.74. The van der Waals surface area contributed by atoms with Crippen molar-refractivity contribution in [3.05, 3.63) is 46.5 Å². The van der Waals surface area contributed by atoms with E-state index in [2.05, 4.69) is 67.2 Å². The molecule has 0 bridgehead atoms. The van der Waals surface area contributed by atoms with Crippen LogP contribution in [0, 0.1) is 46.0 Å². The molecule has 1 saturated heterocycles. The molecule has 1 heterocycles. The monoisotopic (exact) mass is 574 g/mol. The molecule has 8 heteroatoms. The van der Waals surface area contributed by atoms with Crippen LogP contribution in [0.2, 0.25) is 0 Å². The van der Waals surface area contributed by atoms with E-state index in [1.165, 1.54) is 18.4 Å². The molecule has 5 aliphatic rings. The van der Waals surface area contributed by atoms with Gasteiger partial charge in [-0.3, -0.25) is 0 Å². The lowest BCUT2D eigenvalue weighted by atomic mass is 9.52. The van der Waals surface area contributed by atoms with Crippen molar-refractivity contribution in [1.29, 1.82) is 5.53 Å². The quantitative estimate of drug-likeness (QED) is 0.0769. The minimum absolute atomic E-state index is 0.0441. The molecule has 0 aromatic heterocycles. The zero-order valence-corrected chi connectivity index (χ0v) is 25.3. The number of nitrogens with two attached hydrogens (primary N) is 1. The molecule has 1 aromatic rings. The van der Waals surface area contributed by atoms with E-state index in [-0.39, 0.29) is 36.0 Å². The summed E-state index contributed by atoms with van der Waals surface area (Å²) in [5.74, 6) is 7.89. The normalized spacial score (nSPS) is 35.0. The summed E-state index contributed by atoms with van der Waals surface area (Å²) in [5.41, 5.74) is 17.9. The molecule has 1 aliphatic heterocycles. The number of nitrogens with one attached hydrogen (secondary N) is 1. The number of hydrogen-bond acceptors (Lipinski definition) is 6. The lowest BCUT2D eigenvalue weighted by molar-refractivity contribution is -0.312. The predicted octanol–water partition coefficient (Wildman–Crippen LogP) is 5.90. The average molecular weight is 575 g/mol. The molecule has 0 amide bonds. The van der Waals surface area contributed by atoms with Crippen LogP contribution in [0.25, 0.3) is 0 Å². The SMILES string of the molecule is CC1(C)COC2(CCC3=C4C(c5ccc(C#CCOCC(N)=NN=N)cc5)CC5(C)C(O)CCC5C4CCC3C2)OC1. The molecule has 4 N–H and O–H groups in total. The summed E-state index contributed by atoms with van der Waals surface area (Å²) < 4.78 is 18.3. The van der Waals surface area contributed by atoms with Crippen molar-refractivity contribution in [2.75, 3.05) is 26.4 Å². The average Bonchev–Trinajstić information content (AvgIpc) is 3.28. The van der Waals surface area contributed by atoms with Gasteiger partial charge in [0.15, 0.2) is 5.79 Å². The second-order valence-electron chi connectivity index (χ2n) is 14.3. The first-order chi connectivity index (χ1) is 20.1. The third-order valence-electron chi connectivity index (χ3n) is 10.9. The number of aliphatic hydroxyl groups is 1. The molecule has 6 rings (SSSR count).